The van der Waals surface area contributed by atoms with E-state index in [1.165, 1.54) is 30.3 Å². The Labute approximate surface area is 292 Å². The first kappa shape index (κ1) is 31.5. The molecule has 9 nitrogen and oxygen atoms in total. The summed E-state index contributed by atoms with van der Waals surface area (Å²) in [5.74, 6) is -0.540. The van der Waals surface area contributed by atoms with Crippen molar-refractivity contribution in [3.63, 3.8) is 0 Å². The second kappa shape index (κ2) is 12.3. The molecular formula is C42H32O9. The Morgan fingerprint density at radius 3 is 1.33 bits per heavy atom. The molecule has 0 amide bonds. The van der Waals surface area contributed by atoms with Gasteiger partial charge in [0.15, 0.2) is 0 Å². The van der Waals surface area contributed by atoms with Gasteiger partial charge < -0.3 is 45.2 Å². The van der Waals surface area contributed by atoms with Crippen LogP contribution in [0.15, 0.2) is 115 Å². The van der Waals surface area contributed by atoms with Crippen molar-refractivity contribution in [1.82, 2.24) is 0 Å². The summed E-state index contributed by atoms with van der Waals surface area (Å²) in [6, 6.07) is 31.0. The molecule has 2 aliphatic heterocycles. The Kier molecular flexibility index (Phi) is 7.60. The van der Waals surface area contributed by atoms with E-state index < -0.39 is 24.0 Å². The lowest BCUT2D eigenvalue weighted by atomic mass is 9.81. The quantitative estimate of drug-likeness (QED) is 0.0858. The molecule has 2 heterocycles. The largest absolute Gasteiger partial charge is 0.508 e. The molecule has 0 aliphatic carbocycles. The monoisotopic (exact) mass is 680 g/mol. The molecule has 2 aliphatic rings. The van der Waals surface area contributed by atoms with Crippen molar-refractivity contribution >= 4 is 12.2 Å². The average Bonchev–Trinajstić information content (AvgIpc) is 3.68. The van der Waals surface area contributed by atoms with Gasteiger partial charge in [0.1, 0.15) is 64.0 Å². The molecule has 9 heteroatoms. The third-order valence-corrected chi connectivity index (χ3v) is 9.47. The van der Waals surface area contributed by atoms with Gasteiger partial charge in [-0.1, -0.05) is 48.6 Å². The maximum Gasteiger partial charge on any atom is 0.135 e. The summed E-state index contributed by atoms with van der Waals surface area (Å²) in [7, 11) is 0. The number of rotatable bonds is 6. The third-order valence-electron chi connectivity index (χ3n) is 9.47. The van der Waals surface area contributed by atoms with E-state index in [0.717, 1.165) is 11.1 Å². The maximum atomic E-state index is 11.8. The molecule has 0 unspecified atom stereocenters. The number of phenolic OH excluding ortho intramolecular Hbond substituents is 7. The van der Waals surface area contributed by atoms with Crippen LogP contribution >= 0.6 is 0 Å². The molecule has 6 aromatic carbocycles. The molecule has 0 spiro atoms. The number of fused-ring (bicyclic) bond motifs is 2. The van der Waals surface area contributed by atoms with Crippen molar-refractivity contribution in [3.8, 4) is 51.7 Å². The van der Waals surface area contributed by atoms with Crippen molar-refractivity contribution in [3.05, 3.63) is 160 Å². The van der Waals surface area contributed by atoms with Crippen molar-refractivity contribution < 1.29 is 45.2 Å². The molecular weight excluding hydrogens is 648 g/mol. The molecule has 0 bridgehead atoms. The predicted molar refractivity (Wildman–Crippen MR) is 190 cm³/mol. The summed E-state index contributed by atoms with van der Waals surface area (Å²) in [4.78, 5) is 0. The summed E-state index contributed by atoms with van der Waals surface area (Å²) in [5, 5.41) is 73.8. The van der Waals surface area contributed by atoms with E-state index in [0.29, 0.717) is 44.9 Å². The fourth-order valence-electron chi connectivity index (χ4n) is 7.18. The van der Waals surface area contributed by atoms with E-state index in [1.54, 1.807) is 78.9 Å². The standard InChI is InChI=1S/C42H32O9/c43-28-9-3-22(4-10-28)1-2-23-15-33(48)39-35(16-23)50-42(25-7-13-30(45)14-8-25)38(39)27-19-34(49)40-36(20-27)51-41(24-5-11-29(44)12-6-24)37(40)26-17-31(46)21-32(47)18-26/h1-21,37-38,41-49H/t37-,38+,41+,42-/m0/s1. The molecule has 8 rings (SSSR count). The lowest BCUT2D eigenvalue weighted by Crippen LogP contribution is -2.11. The Morgan fingerprint density at radius 1 is 0.373 bits per heavy atom. The number of aromatic hydroxyl groups is 7. The van der Waals surface area contributed by atoms with E-state index in [1.807, 2.05) is 18.2 Å². The number of hydrogen-bond acceptors (Lipinski definition) is 9. The highest BCUT2D eigenvalue weighted by Gasteiger charge is 2.43. The first-order chi connectivity index (χ1) is 24.6. The Bertz CT molecular complexity index is 2270. The van der Waals surface area contributed by atoms with E-state index in [9.17, 15) is 35.7 Å². The molecule has 51 heavy (non-hydrogen) atoms. The molecule has 0 saturated heterocycles. The smallest absolute Gasteiger partial charge is 0.135 e. The van der Waals surface area contributed by atoms with Gasteiger partial charge in [0.25, 0.3) is 0 Å². The minimum atomic E-state index is -0.695. The van der Waals surface area contributed by atoms with E-state index in [4.69, 9.17) is 9.47 Å². The Balaban J connectivity index is 1.24. The molecule has 7 N–H and O–H groups in total. The fraction of sp³-hybridized carbons (Fsp3) is 0.0952. The van der Waals surface area contributed by atoms with Crippen LogP contribution in [0.25, 0.3) is 12.2 Å². The topological polar surface area (TPSA) is 160 Å². The maximum absolute atomic E-state index is 11.8. The van der Waals surface area contributed by atoms with Crippen LogP contribution in [-0.2, 0) is 0 Å². The second-order valence-corrected chi connectivity index (χ2v) is 12.8. The van der Waals surface area contributed by atoms with Gasteiger partial charge >= 0.3 is 0 Å². The van der Waals surface area contributed by atoms with Gasteiger partial charge in [-0.3, -0.25) is 0 Å². The number of ether oxygens (including phenoxy) is 2. The molecule has 0 fully saturated rings. The molecule has 0 saturated carbocycles. The number of phenols is 7. The summed E-state index contributed by atoms with van der Waals surface area (Å²) in [6.45, 7) is 0. The SMILES string of the molecule is Oc1ccc(C=Cc2cc(O)c3c(c2)O[C@@H](c2ccc(O)cc2)[C@@H]3c2cc(O)c3c(c2)O[C@H](c2ccc(O)cc2)[C@H]3c2cc(O)cc(O)c2)cc1. The summed E-state index contributed by atoms with van der Waals surface area (Å²) in [5.41, 5.74) is 5.01. The molecule has 6 aromatic rings. The second-order valence-electron chi connectivity index (χ2n) is 12.8. The van der Waals surface area contributed by atoms with Crippen LogP contribution in [0.4, 0.5) is 0 Å². The summed E-state index contributed by atoms with van der Waals surface area (Å²) >= 11 is 0. The molecule has 0 radical (unpaired) electrons. The van der Waals surface area contributed by atoms with Gasteiger partial charge in [0, 0.05) is 17.2 Å². The highest BCUT2D eigenvalue weighted by molar-refractivity contribution is 5.73. The Morgan fingerprint density at radius 2 is 0.804 bits per heavy atom. The summed E-state index contributed by atoms with van der Waals surface area (Å²) in [6.07, 6.45) is 2.33. The molecule has 4 atom stereocenters. The lowest BCUT2D eigenvalue weighted by molar-refractivity contribution is 0.218. The van der Waals surface area contributed by atoms with Crippen molar-refractivity contribution in [2.24, 2.45) is 0 Å². The zero-order valence-corrected chi connectivity index (χ0v) is 26.9. The average molecular weight is 681 g/mol. The van der Waals surface area contributed by atoms with E-state index >= 15 is 0 Å². The van der Waals surface area contributed by atoms with Gasteiger partial charge in [-0.25, -0.2) is 0 Å². The van der Waals surface area contributed by atoms with Crippen LogP contribution in [0.2, 0.25) is 0 Å². The van der Waals surface area contributed by atoms with Crippen molar-refractivity contribution in [2.45, 2.75) is 24.0 Å². The van der Waals surface area contributed by atoms with E-state index in [2.05, 4.69) is 0 Å². The fourth-order valence-corrected chi connectivity index (χ4v) is 7.18. The molecule has 0 aromatic heterocycles. The molecule has 254 valence electrons. The zero-order valence-electron chi connectivity index (χ0n) is 26.9. The van der Waals surface area contributed by atoms with Crippen LogP contribution in [0, 0.1) is 0 Å². The van der Waals surface area contributed by atoms with Gasteiger partial charge in [-0.15, -0.1) is 0 Å². The van der Waals surface area contributed by atoms with Gasteiger partial charge in [0.2, 0.25) is 0 Å². The third kappa shape index (κ3) is 5.84. The van der Waals surface area contributed by atoms with Crippen LogP contribution < -0.4 is 9.47 Å². The van der Waals surface area contributed by atoms with E-state index in [-0.39, 0.29) is 40.2 Å². The zero-order chi connectivity index (χ0) is 35.4. The van der Waals surface area contributed by atoms with Gasteiger partial charge in [-0.2, -0.15) is 0 Å². The number of hydrogen-bond donors (Lipinski definition) is 7. The summed E-state index contributed by atoms with van der Waals surface area (Å²) < 4.78 is 13.1. The predicted octanol–water partition coefficient (Wildman–Crippen LogP) is 8.33. The lowest BCUT2D eigenvalue weighted by Gasteiger charge is -2.22. The van der Waals surface area contributed by atoms with Crippen molar-refractivity contribution in [2.75, 3.05) is 0 Å². The van der Waals surface area contributed by atoms with Crippen LogP contribution in [0.5, 0.6) is 51.7 Å². The Hall–Kier alpha value is -6.74. The van der Waals surface area contributed by atoms with Crippen molar-refractivity contribution in [1.29, 1.82) is 0 Å². The highest BCUT2D eigenvalue weighted by Crippen LogP contribution is 2.58. The van der Waals surface area contributed by atoms with Crippen LogP contribution in [-0.4, -0.2) is 35.7 Å². The van der Waals surface area contributed by atoms with Crippen LogP contribution in [0.1, 0.15) is 68.6 Å². The van der Waals surface area contributed by atoms with Crippen LogP contribution in [0.3, 0.4) is 0 Å². The minimum Gasteiger partial charge on any atom is -0.508 e. The number of benzene rings is 6. The van der Waals surface area contributed by atoms with Gasteiger partial charge in [-0.05, 0) is 106 Å². The first-order valence-corrected chi connectivity index (χ1v) is 16.3. The minimum absolute atomic E-state index is 0.0138. The first-order valence-electron chi connectivity index (χ1n) is 16.3. The van der Waals surface area contributed by atoms with Gasteiger partial charge in [0.05, 0.1) is 11.8 Å². The highest BCUT2D eigenvalue weighted by atomic mass is 16.5. The normalized spacial score (nSPS) is 19.0.